The number of nitrogens with zero attached hydrogens (tertiary/aromatic N) is 3. The molecule has 1 fully saturated rings. The van der Waals surface area contributed by atoms with E-state index in [1.165, 1.54) is 18.5 Å². The van der Waals surface area contributed by atoms with Gasteiger partial charge < -0.3 is 10.2 Å². The lowest BCUT2D eigenvalue weighted by Gasteiger charge is -2.34. The predicted octanol–water partition coefficient (Wildman–Crippen LogP) is 2.58. The normalized spacial score (nSPS) is 19.9. The first-order chi connectivity index (χ1) is 9.28. The number of piperidine rings is 1. The monoisotopic (exact) mass is 320 g/mol. The van der Waals surface area contributed by atoms with Crippen molar-refractivity contribution in [3.8, 4) is 0 Å². The third-order valence-corrected chi connectivity index (χ3v) is 4.13. The lowest BCUT2D eigenvalue weighted by molar-refractivity contribution is 0.450. The number of likely N-dealkylation sites (N-methyl/N-ethyl adjacent to an activating group) is 1. The SMILES string of the molecule is CNC1CCCN(c2ccnc3cc(Br)cnc23)C1. The summed E-state index contributed by atoms with van der Waals surface area (Å²) in [6.45, 7) is 2.13. The lowest BCUT2D eigenvalue weighted by atomic mass is 10.1. The number of halogens is 1. The Labute approximate surface area is 121 Å². The summed E-state index contributed by atoms with van der Waals surface area (Å²) in [7, 11) is 2.04. The van der Waals surface area contributed by atoms with Gasteiger partial charge in [-0.1, -0.05) is 0 Å². The highest BCUT2D eigenvalue weighted by Crippen LogP contribution is 2.27. The molecule has 3 heterocycles. The maximum atomic E-state index is 4.54. The van der Waals surface area contributed by atoms with Gasteiger partial charge in [-0.15, -0.1) is 0 Å². The highest BCUT2D eigenvalue weighted by molar-refractivity contribution is 9.10. The summed E-state index contributed by atoms with van der Waals surface area (Å²) in [6, 6.07) is 4.65. The molecule has 100 valence electrons. The molecular formula is C14H17BrN4. The Morgan fingerprint density at radius 3 is 3.16 bits per heavy atom. The van der Waals surface area contributed by atoms with E-state index in [0.717, 1.165) is 28.6 Å². The number of hydrogen-bond acceptors (Lipinski definition) is 4. The van der Waals surface area contributed by atoms with Crippen LogP contribution >= 0.6 is 15.9 Å². The summed E-state index contributed by atoms with van der Waals surface area (Å²) >= 11 is 3.45. The molecule has 1 atom stereocenters. The Bertz CT molecular complexity index is 587. The zero-order valence-corrected chi connectivity index (χ0v) is 12.5. The standard InChI is InChI=1S/C14H17BrN4/c1-16-11-3-2-6-19(9-11)13-4-5-17-12-7-10(15)8-18-14(12)13/h4-5,7-8,11,16H,2-3,6,9H2,1H3. The van der Waals surface area contributed by atoms with Crippen LogP contribution in [0.5, 0.6) is 0 Å². The van der Waals surface area contributed by atoms with Gasteiger partial charge in [-0.25, -0.2) is 0 Å². The fraction of sp³-hybridized carbons (Fsp3) is 0.429. The van der Waals surface area contributed by atoms with Gasteiger partial charge in [-0.3, -0.25) is 9.97 Å². The van der Waals surface area contributed by atoms with E-state index in [4.69, 9.17) is 0 Å². The predicted molar refractivity (Wildman–Crippen MR) is 81.5 cm³/mol. The average molecular weight is 321 g/mol. The second-order valence-corrected chi connectivity index (χ2v) is 5.84. The Hall–Kier alpha value is -1.20. The van der Waals surface area contributed by atoms with Gasteiger partial charge in [0.15, 0.2) is 0 Å². The molecule has 4 nitrogen and oxygen atoms in total. The number of aromatic nitrogens is 2. The Morgan fingerprint density at radius 1 is 1.42 bits per heavy atom. The van der Waals surface area contributed by atoms with Crippen molar-refractivity contribution >= 4 is 32.7 Å². The topological polar surface area (TPSA) is 41.0 Å². The maximum Gasteiger partial charge on any atom is 0.112 e. The lowest BCUT2D eigenvalue weighted by Crippen LogP contribution is -2.44. The first-order valence-corrected chi connectivity index (χ1v) is 7.39. The van der Waals surface area contributed by atoms with E-state index in [-0.39, 0.29) is 0 Å². The first-order valence-electron chi connectivity index (χ1n) is 6.60. The highest BCUT2D eigenvalue weighted by atomic mass is 79.9. The van der Waals surface area contributed by atoms with Crippen molar-refractivity contribution in [3.63, 3.8) is 0 Å². The number of hydrogen-bond donors (Lipinski definition) is 1. The van der Waals surface area contributed by atoms with Crippen molar-refractivity contribution in [3.05, 3.63) is 29.0 Å². The molecule has 5 heteroatoms. The van der Waals surface area contributed by atoms with E-state index in [1.807, 2.05) is 25.5 Å². The van der Waals surface area contributed by atoms with Crippen LogP contribution in [0.1, 0.15) is 12.8 Å². The van der Waals surface area contributed by atoms with Crippen LogP contribution in [0, 0.1) is 0 Å². The van der Waals surface area contributed by atoms with Gasteiger partial charge >= 0.3 is 0 Å². The first kappa shape index (κ1) is 12.8. The van der Waals surface area contributed by atoms with Crippen LogP contribution in [-0.2, 0) is 0 Å². The summed E-state index contributed by atoms with van der Waals surface area (Å²) in [4.78, 5) is 11.3. The minimum atomic E-state index is 0.562. The zero-order chi connectivity index (χ0) is 13.2. The van der Waals surface area contributed by atoms with E-state index < -0.39 is 0 Å². The van der Waals surface area contributed by atoms with E-state index in [2.05, 4.69) is 42.2 Å². The van der Waals surface area contributed by atoms with Crippen LogP contribution in [-0.4, -0.2) is 36.1 Å². The smallest absolute Gasteiger partial charge is 0.112 e. The van der Waals surface area contributed by atoms with E-state index in [0.29, 0.717) is 6.04 Å². The molecule has 0 spiro atoms. The number of nitrogens with one attached hydrogen (secondary N) is 1. The van der Waals surface area contributed by atoms with Crippen LogP contribution in [0.25, 0.3) is 11.0 Å². The molecule has 1 aliphatic rings. The number of pyridine rings is 2. The van der Waals surface area contributed by atoms with E-state index in [1.54, 1.807) is 0 Å². The summed E-state index contributed by atoms with van der Waals surface area (Å²) in [5.41, 5.74) is 3.12. The minimum Gasteiger partial charge on any atom is -0.368 e. The van der Waals surface area contributed by atoms with Crippen LogP contribution in [0.15, 0.2) is 29.0 Å². The molecule has 1 unspecified atom stereocenters. The third kappa shape index (κ3) is 2.58. The second-order valence-electron chi connectivity index (χ2n) is 4.93. The highest BCUT2D eigenvalue weighted by Gasteiger charge is 2.20. The van der Waals surface area contributed by atoms with Crippen molar-refractivity contribution < 1.29 is 0 Å². The second kappa shape index (κ2) is 5.43. The number of fused-ring (bicyclic) bond motifs is 1. The quantitative estimate of drug-likeness (QED) is 0.923. The molecule has 0 radical (unpaired) electrons. The molecule has 2 aromatic rings. The van der Waals surface area contributed by atoms with Crippen molar-refractivity contribution in [2.75, 3.05) is 25.0 Å². The van der Waals surface area contributed by atoms with Crippen LogP contribution in [0.2, 0.25) is 0 Å². The van der Waals surface area contributed by atoms with Gasteiger partial charge in [0.1, 0.15) is 5.52 Å². The van der Waals surface area contributed by atoms with Gasteiger partial charge in [0.05, 0.1) is 11.2 Å². The fourth-order valence-electron chi connectivity index (χ4n) is 2.68. The summed E-state index contributed by atoms with van der Waals surface area (Å²) in [6.07, 6.45) is 6.17. The van der Waals surface area contributed by atoms with Crippen LogP contribution < -0.4 is 10.2 Å². The molecular weight excluding hydrogens is 304 g/mol. The molecule has 1 aliphatic heterocycles. The number of anilines is 1. The number of rotatable bonds is 2. The van der Waals surface area contributed by atoms with Crippen molar-refractivity contribution in [2.45, 2.75) is 18.9 Å². The zero-order valence-electron chi connectivity index (χ0n) is 10.9. The molecule has 19 heavy (non-hydrogen) atoms. The summed E-state index contributed by atoms with van der Waals surface area (Å²) in [5.74, 6) is 0. The van der Waals surface area contributed by atoms with Gasteiger partial charge in [-0.2, -0.15) is 0 Å². The van der Waals surface area contributed by atoms with Crippen LogP contribution in [0.4, 0.5) is 5.69 Å². The summed E-state index contributed by atoms with van der Waals surface area (Å²) in [5, 5.41) is 3.38. The fourth-order valence-corrected chi connectivity index (χ4v) is 3.00. The minimum absolute atomic E-state index is 0.562. The van der Waals surface area contributed by atoms with Crippen LogP contribution in [0.3, 0.4) is 0 Å². The molecule has 3 rings (SSSR count). The third-order valence-electron chi connectivity index (χ3n) is 3.69. The molecule has 1 saturated heterocycles. The van der Waals surface area contributed by atoms with Crippen molar-refractivity contribution in [2.24, 2.45) is 0 Å². The molecule has 0 saturated carbocycles. The molecule has 1 N–H and O–H groups in total. The summed E-state index contributed by atoms with van der Waals surface area (Å²) < 4.78 is 0.969. The van der Waals surface area contributed by atoms with Gasteiger partial charge in [-0.05, 0) is 48.0 Å². The van der Waals surface area contributed by atoms with Gasteiger partial charge in [0, 0.05) is 36.0 Å². The maximum absolute atomic E-state index is 4.54. The molecule has 0 bridgehead atoms. The average Bonchev–Trinajstić information content (AvgIpc) is 2.46. The molecule has 2 aromatic heterocycles. The molecule has 0 aliphatic carbocycles. The largest absolute Gasteiger partial charge is 0.368 e. The van der Waals surface area contributed by atoms with Gasteiger partial charge in [0.25, 0.3) is 0 Å². The Morgan fingerprint density at radius 2 is 2.32 bits per heavy atom. The Balaban J connectivity index is 2.00. The molecule has 0 aromatic carbocycles. The van der Waals surface area contributed by atoms with Gasteiger partial charge in [0.2, 0.25) is 0 Å². The van der Waals surface area contributed by atoms with Crippen molar-refractivity contribution in [1.29, 1.82) is 0 Å². The Kier molecular flexibility index (Phi) is 3.66. The van der Waals surface area contributed by atoms with Crippen molar-refractivity contribution in [1.82, 2.24) is 15.3 Å². The van der Waals surface area contributed by atoms with E-state index in [9.17, 15) is 0 Å². The van der Waals surface area contributed by atoms with E-state index >= 15 is 0 Å². The molecule has 0 amide bonds.